The molecule has 0 atom stereocenters. The number of rotatable bonds is 4. The van der Waals surface area contributed by atoms with Crippen molar-refractivity contribution in [3.63, 3.8) is 0 Å². The van der Waals surface area contributed by atoms with Crippen molar-refractivity contribution in [1.82, 2.24) is 9.97 Å². The number of nitro groups is 1. The van der Waals surface area contributed by atoms with Gasteiger partial charge in [-0.15, -0.1) is 23.1 Å². The SMILES string of the molecule is Cc1sc2ncnc(SCc3ccc([N+](=O)[O-])cc3)c2c1C. The van der Waals surface area contributed by atoms with Gasteiger partial charge in [0.15, 0.2) is 0 Å². The maximum absolute atomic E-state index is 10.7. The summed E-state index contributed by atoms with van der Waals surface area (Å²) in [6, 6.07) is 6.64. The minimum absolute atomic E-state index is 0.113. The maximum Gasteiger partial charge on any atom is 0.269 e. The van der Waals surface area contributed by atoms with Crippen LogP contribution in [0.2, 0.25) is 0 Å². The van der Waals surface area contributed by atoms with E-state index in [9.17, 15) is 10.1 Å². The van der Waals surface area contributed by atoms with Crippen molar-refractivity contribution >= 4 is 39.0 Å². The number of non-ortho nitro benzene ring substituents is 1. The van der Waals surface area contributed by atoms with Gasteiger partial charge in [-0.05, 0) is 25.0 Å². The third-order valence-corrected chi connectivity index (χ3v) is 5.63. The molecular weight excluding hydrogens is 318 g/mol. The van der Waals surface area contributed by atoms with Crippen molar-refractivity contribution in [3.05, 3.63) is 56.7 Å². The molecule has 3 aromatic rings. The highest BCUT2D eigenvalue weighted by molar-refractivity contribution is 7.98. The van der Waals surface area contributed by atoms with Crippen LogP contribution in [-0.2, 0) is 5.75 Å². The summed E-state index contributed by atoms with van der Waals surface area (Å²) in [6.45, 7) is 4.18. The molecule has 0 saturated heterocycles. The summed E-state index contributed by atoms with van der Waals surface area (Å²) < 4.78 is 0. The van der Waals surface area contributed by atoms with Crippen LogP contribution in [0.1, 0.15) is 16.0 Å². The molecule has 7 heteroatoms. The van der Waals surface area contributed by atoms with E-state index in [2.05, 4.69) is 23.8 Å². The molecule has 0 amide bonds. The van der Waals surface area contributed by atoms with Gasteiger partial charge >= 0.3 is 0 Å². The quantitative estimate of drug-likeness (QED) is 0.304. The second kappa shape index (κ2) is 6.02. The summed E-state index contributed by atoms with van der Waals surface area (Å²) in [5, 5.41) is 12.7. The van der Waals surface area contributed by atoms with E-state index in [1.165, 1.54) is 22.6 Å². The van der Waals surface area contributed by atoms with Gasteiger partial charge in [0.05, 0.1) is 4.92 Å². The minimum Gasteiger partial charge on any atom is -0.258 e. The molecule has 5 nitrogen and oxygen atoms in total. The lowest BCUT2D eigenvalue weighted by molar-refractivity contribution is -0.384. The van der Waals surface area contributed by atoms with Crippen LogP contribution in [0.3, 0.4) is 0 Å². The van der Waals surface area contributed by atoms with E-state index in [1.807, 2.05) is 0 Å². The normalized spacial score (nSPS) is 11.0. The smallest absolute Gasteiger partial charge is 0.258 e. The van der Waals surface area contributed by atoms with Gasteiger partial charge in [-0.3, -0.25) is 10.1 Å². The molecule has 0 saturated carbocycles. The first-order valence-corrected chi connectivity index (χ1v) is 8.43. The van der Waals surface area contributed by atoms with Gasteiger partial charge in [0, 0.05) is 28.1 Å². The first kappa shape index (κ1) is 14.9. The molecule has 0 radical (unpaired) electrons. The molecule has 112 valence electrons. The highest BCUT2D eigenvalue weighted by Crippen LogP contribution is 2.35. The van der Waals surface area contributed by atoms with Crippen LogP contribution in [-0.4, -0.2) is 14.9 Å². The first-order chi connectivity index (χ1) is 10.6. The van der Waals surface area contributed by atoms with Crippen LogP contribution in [0.15, 0.2) is 35.6 Å². The molecule has 2 aromatic heterocycles. The van der Waals surface area contributed by atoms with E-state index in [-0.39, 0.29) is 10.6 Å². The second-order valence-electron chi connectivity index (χ2n) is 4.85. The molecular formula is C15H13N3O2S2. The monoisotopic (exact) mass is 331 g/mol. The number of aromatic nitrogens is 2. The summed E-state index contributed by atoms with van der Waals surface area (Å²) in [6.07, 6.45) is 1.59. The molecule has 2 heterocycles. The number of thiophene rings is 1. The standard InChI is InChI=1S/C15H13N3O2S2/c1-9-10(2)22-15-13(9)14(16-8-17-15)21-7-11-3-5-12(6-4-11)18(19)20/h3-6,8H,7H2,1-2H3. The fraction of sp³-hybridized carbons (Fsp3) is 0.200. The Morgan fingerprint density at radius 3 is 2.64 bits per heavy atom. The van der Waals surface area contributed by atoms with Gasteiger partial charge in [-0.2, -0.15) is 0 Å². The predicted octanol–water partition coefficient (Wildman–Crippen LogP) is 4.51. The van der Waals surface area contributed by atoms with Crippen LogP contribution in [0, 0.1) is 24.0 Å². The Bertz CT molecular complexity index is 844. The van der Waals surface area contributed by atoms with Crippen molar-refractivity contribution < 1.29 is 4.92 Å². The zero-order chi connectivity index (χ0) is 15.7. The van der Waals surface area contributed by atoms with E-state index < -0.39 is 0 Å². The molecule has 1 aromatic carbocycles. The van der Waals surface area contributed by atoms with Crippen LogP contribution in [0.5, 0.6) is 0 Å². The number of hydrogen-bond acceptors (Lipinski definition) is 6. The number of benzene rings is 1. The molecule has 0 spiro atoms. The number of thioether (sulfide) groups is 1. The van der Waals surface area contributed by atoms with Gasteiger partial charge in [0.1, 0.15) is 16.2 Å². The lowest BCUT2D eigenvalue weighted by atomic mass is 10.2. The van der Waals surface area contributed by atoms with Crippen molar-refractivity contribution in [2.75, 3.05) is 0 Å². The Morgan fingerprint density at radius 2 is 1.95 bits per heavy atom. The van der Waals surface area contributed by atoms with Crippen LogP contribution < -0.4 is 0 Å². The van der Waals surface area contributed by atoms with E-state index >= 15 is 0 Å². The van der Waals surface area contributed by atoms with Crippen molar-refractivity contribution in [3.8, 4) is 0 Å². The average Bonchev–Trinajstić information content (AvgIpc) is 2.81. The van der Waals surface area contributed by atoms with Gasteiger partial charge in [0.25, 0.3) is 5.69 Å². The fourth-order valence-electron chi connectivity index (χ4n) is 2.13. The molecule has 22 heavy (non-hydrogen) atoms. The topological polar surface area (TPSA) is 68.9 Å². The molecule has 0 unspecified atom stereocenters. The molecule has 0 aliphatic rings. The van der Waals surface area contributed by atoms with E-state index in [1.54, 1.807) is 41.6 Å². The highest BCUT2D eigenvalue weighted by Gasteiger charge is 2.12. The highest BCUT2D eigenvalue weighted by atomic mass is 32.2. The first-order valence-electron chi connectivity index (χ1n) is 6.63. The Morgan fingerprint density at radius 1 is 1.23 bits per heavy atom. The zero-order valence-electron chi connectivity index (χ0n) is 12.1. The van der Waals surface area contributed by atoms with E-state index in [0.717, 1.165) is 26.6 Å². The Balaban J connectivity index is 1.83. The molecule has 0 N–H and O–H groups in total. The van der Waals surface area contributed by atoms with E-state index in [0.29, 0.717) is 0 Å². The summed E-state index contributed by atoms with van der Waals surface area (Å²) in [5.41, 5.74) is 2.38. The number of fused-ring (bicyclic) bond motifs is 1. The van der Waals surface area contributed by atoms with Crippen LogP contribution >= 0.6 is 23.1 Å². The van der Waals surface area contributed by atoms with Gasteiger partial charge in [-0.1, -0.05) is 12.1 Å². The van der Waals surface area contributed by atoms with E-state index in [4.69, 9.17) is 0 Å². The largest absolute Gasteiger partial charge is 0.269 e. The maximum atomic E-state index is 10.7. The average molecular weight is 331 g/mol. The van der Waals surface area contributed by atoms with Gasteiger partial charge in [-0.25, -0.2) is 9.97 Å². The fourth-order valence-corrected chi connectivity index (χ4v) is 4.20. The zero-order valence-corrected chi connectivity index (χ0v) is 13.7. The Hall–Kier alpha value is -1.99. The van der Waals surface area contributed by atoms with Crippen molar-refractivity contribution in [1.29, 1.82) is 0 Å². The molecule has 3 rings (SSSR count). The Labute approximate surface area is 135 Å². The number of aryl methyl sites for hydroxylation is 2. The summed E-state index contributed by atoms with van der Waals surface area (Å²) in [4.78, 5) is 21.3. The van der Waals surface area contributed by atoms with Crippen molar-refractivity contribution in [2.45, 2.75) is 24.6 Å². The minimum atomic E-state index is -0.387. The van der Waals surface area contributed by atoms with Crippen LogP contribution in [0.4, 0.5) is 5.69 Å². The molecule has 0 aliphatic carbocycles. The number of hydrogen-bond donors (Lipinski definition) is 0. The van der Waals surface area contributed by atoms with Crippen molar-refractivity contribution in [2.24, 2.45) is 0 Å². The number of nitro benzene ring substituents is 1. The van der Waals surface area contributed by atoms with Gasteiger partial charge < -0.3 is 0 Å². The van der Waals surface area contributed by atoms with Gasteiger partial charge in [0.2, 0.25) is 0 Å². The lowest BCUT2D eigenvalue weighted by Gasteiger charge is -2.03. The molecule has 0 fully saturated rings. The third-order valence-electron chi connectivity index (χ3n) is 3.45. The summed E-state index contributed by atoms with van der Waals surface area (Å²) >= 11 is 3.31. The molecule has 0 bridgehead atoms. The lowest BCUT2D eigenvalue weighted by Crippen LogP contribution is -1.89. The number of nitrogens with zero attached hydrogens (tertiary/aromatic N) is 3. The summed E-state index contributed by atoms with van der Waals surface area (Å²) in [5.74, 6) is 0.721. The third kappa shape index (κ3) is 2.82. The molecule has 0 aliphatic heterocycles. The summed E-state index contributed by atoms with van der Waals surface area (Å²) in [7, 11) is 0. The Kier molecular flexibility index (Phi) is 4.08. The predicted molar refractivity (Wildman–Crippen MR) is 89.5 cm³/mol. The second-order valence-corrected chi connectivity index (χ2v) is 7.02. The van der Waals surface area contributed by atoms with Crippen LogP contribution in [0.25, 0.3) is 10.2 Å².